The Bertz CT molecular complexity index is 380. The number of methoxy groups -OCH3 is 1. The fourth-order valence-electron chi connectivity index (χ4n) is 1.20. The van der Waals surface area contributed by atoms with E-state index in [-0.39, 0.29) is 5.97 Å². The number of carbonyl (C=O) groups excluding carboxylic acids is 1. The van der Waals surface area contributed by atoms with E-state index in [1.807, 2.05) is 13.0 Å². The lowest BCUT2D eigenvalue weighted by molar-refractivity contribution is 0.0601. The number of halogens is 2. The average molecular weight is 337 g/mol. The highest BCUT2D eigenvalue weighted by Crippen LogP contribution is 2.31. The van der Waals surface area contributed by atoms with Gasteiger partial charge in [-0.2, -0.15) is 0 Å². The number of anilines is 1. The molecule has 0 atom stereocenters. The summed E-state index contributed by atoms with van der Waals surface area (Å²) in [5.74, 6) is -0.354. The van der Waals surface area contributed by atoms with Gasteiger partial charge < -0.3 is 10.1 Å². The Labute approximate surface area is 105 Å². The maximum absolute atomic E-state index is 11.5. The van der Waals surface area contributed by atoms with E-state index < -0.39 is 0 Å². The summed E-state index contributed by atoms with van der Waals surface area (Å²) >= 11 is 6.73. The van der Waals surface area contributed by atoms with Crippen LogP contribution < -0.4 is 5.32 Å². The number of rotatable bonds is 3. The molecule has 0 amide bonds. The lowest BCUT2D eigenvalue weighted by Crippen LogP contribution is -2.08. The lowest BCUT2D eigenvalue weighted by atomic mass is 10.2. The summed E-state index contributed by atoms with van der Waals surface area (Å²) in [5, 5.41) is 3.12. The lowest BCUT2D eigenvalue weighted by Gasteiger charge is -2.11. The van der Waals surface area contributed by atoms with Crippen molar-refractivity contribution in [2.24, 2.45) is 0 Å². The molecule has 0 radical (unpaired) electrons. The Kier molecular flexibility index (Phi) is 4.60. The molecule has 82 valence electrons. The molecule has 1 aromatic rings. The van der Waals surface area contributed by atoms with Crippen LogP contribution in [-0.4, -0.2) is 19.6 Å². The van der Waals surface area contributed by atoms with E-state index in [4.69, 9.17) is 4.74 Å². The van der Waals surface area contributed by atoms with Crippen LogP contribution in [0.15, 0.2) is 21.1 Å². The highest BCUT2D eigenvalue weighted by Gasteiger charge is 2.15. The van der Waals surface area contributed by atoms with Crippen LogP contribution in [0.5, 0.6) is 0 Å². The summed E-state index contributed by atoms with van der Waals surface area (Å²) in [4.78, 5) is 11.5. The zero-order valence-corrected chi connectivity index (χ0v) is 11.6. The average Bonchev–Trinajstić information content (AvgIpc) is 2.20. The summed E-state index contributed by atoms with van der Waals surface area (Å²) in [6.45, 7) is 2.71. The van der Waals surface area contributed by atoms with Crippen LogP contribution in [0.3, 0.4) is 0 Å². The van der Waals surface area contributed by atoms with Crippen LogP contribution in [-0.2, 0) is 4.74 Å². The molecule has 0 fully saturated rings. The Morgan fingerprint density at radius 3 is 2.67 bits per heavy atom. The number of esters is 1. The Balaban J connectivity index is 3.26. The van der Waals surface area contributed by atoms with Crippen LogP contribution in [0.1, 0.15) is 17.3 Å². The highest BCUT2D eigenvalue weighted by molar-refractivity contribution is 9.11. The van der Waals surface area contributed by atoms with Gasteiger partial charge in [-0.05, 0) is 35.0 Å². The van der Waals surface area contributed by atoms with E-state index in [0.717, 1.165) is 21.2 Å². The maximum Gasteiger partial charge on any atom is 0.340 e. The van der Waals surface area contributed by atoms with Crippen molar-refractivity contribution in [2.75, 3.05) is 19.0 Å². The van der Waals surface area contributed by atoms with Crippen molar-refractivity contribution in [2.45, 2.75) is 6.92 Å². The molecule has 0 unspecified atom stereocenters. The fraction of sp³-hybridized carbons (Fsp3) is 0.300. The van der Waals surface area contributed by atoms with E-state index in [1.54, 1.807) is 6.07 Å². The van der Waals surface area contributed by atoms with Crippen molar-refractivity contribution < 1.29 is 9.53 Å². The second-order valence-corrected chi connectivity index (χ2v) is 4.60. The van der Waals surface area contributed by atoms with Gasteiger partial charge in [0.2, 0.25) is 0 Å². The predicted molar refractivity (Wildman–Crippen MR) is 67.3 cm³/mol. The van der Waals surface area contributed by atoms with Gasteiger partial charge in [-0.25, -0.2) is 4.79 Å². The maximum atomic E-state index is 11.5. The first-order valence-corrected chi connectivity index (χ1v) is 6.00. The van der Waals surface area contributed by atoms with Crippen molar-refractivity contribution in [3.05, 3.63) is 26.6 Å². The zero-order valence-electron chi connectivity index (χ0n) is 8.43. The van der Waals surface area contributed by atoms with E-state index in [9.17, 15) is 4.79 Å². The molecular formula is C10H11Br2NO2. The third-order valence-electron chi connectivity index (χ3n) is 1.81. The van der Waals surface area contributed by atoms with Crippen LogP contribution in [0.25, 0.3) is 0 Å². The topological polar surface area (TPSA) is 38.3 Å². The van der Waals surface area contributed by atoms with Gasteiger partial charge >= 0.3 is 5.97 Å². The van der Waals surface area contributed by atoms with E-state index in [2.05, 4.69) is 37.2 Å². The molecule has 0 aliphatic carbocycles. The fourth-order valence-corrected chi connectivity index (χ4v) is 2.57. The number of benzene rings is 1. The highest BCUT2D eigenvalue weighted by atomic mass is 79.9. The summed E-state index contributed by atoms with van der Waals surface area (Å²) in [6.07, 6.45) is 0. The molecule has 0 saturated carbocycles. The molecule has 0 aliphatic rings. The van der Waals surface area contributed by atoms with Crippen molar-refractivity contribution in [3.63, 3.8) is 0 Å². The zero-order chi connectivity index (χ0) is 11.4. The van der Waals surface area contributed by atoms with Crippen molar-refractivity contribution >= 4 is 43.5 Å². The molecule has 1 rings (SSSR count). The molecule has 0 saturated heterocycles. The number of hydrogen-bond donors (Lipinski definition) is 1. The predicted octanol–water partition coefficient (Wildman–Crippen LogP) is 3.43. The molecule has 15 heavy (non-hydrogen) atoms. The Morgan fingerprint density at radius 2 is 2.13 bits per heavy atom. The van der Waals surface area contributed by atoms with Crippen molar-refractivity contribution in [3.8, 4) is 0 Å². The standard InChI is InChI=1S/C10H11Br2NO2/c1-3-13-9-7(10(14)15-2)4-6(11)5-8(9)12/h4-5,13H,3H2,1-2H3. The Hall–Kier alpha value is -0.550. The molecule has 1 aromatic carbocycles. The van der Waals surface area contributed by atoms with Gasteiger partial charge in [0, 0.05) is 15.5 Å². The first-order chi connectivity index (χ1) is 7.10. The molecule has 1 N–H and O–H groups in total. The molecule has 0 aromatic heterocycles. The quantitative estimate of drug-likeness (QED) is 0.859. The third kappa shape index (κ3) is 2.95. The first-order valence-electron chi connectivity index (χ1n) is 4.41. The third-order valence-corrected chi connectivity index (χ3v) is 2.90. The first kappa shape index (κ1) is 12.5. The van der Waals surface area contributed by atoms with Gasteiger partial charge in [0.1, 0.15) is 0 Å². The van der Waals surface area contributed by atoms with E-state index in [1.165, 1.54) is 7.11 Å². The van der Waals surface area contributed by atoms with Gasteiger partial charge in [0.05, 0.1) is 18.4 Å². The van der Waals surface area contributed by atoms with Crippen LogP contribution in [0.4, 0.5) is 5.69 Å². The Morgan fingerprint density at radius 1 is 1.47 bits per heavy atom. The van der Waals surface area contributed by atoms with Crippen LogP contribution in [0, 0.1) is 0 Å². The van der Waals surface area contributed by atoms with Crippen LogP contribution >= 0.6 is 31.9 Å². The van der Waals surface area contributed by atoms with Gasteiger partial charge in [-0.1, -0.05) is 15.9 Å². The minimum atomic E-state index is -0.354. The molecule has 0 bridgehead atoms. The molecule has 0 aliphatic heterocycles. The smallest absolute Gasteiger partial charge is 0.340 e. The number of hydrogen-bond acceptors (Lipinski definition) is 3. The second-order valence-electron chi connectivity index (χ2n) is 2.83. The molecule has 0 spiro atoms. The van der Waals surface area contributed by atoms with Crippen molar-refractivity contribution in [1.82, 2.24) is 0 Å². The molecular weight excluding hydrogens is 326 g/mol. The number of ether oxygens (including phenoxy) is 1. The van der Waals surface area contributed by atoms with Crippen LogP contribution in [0.2, 0.25) is 0 Å². The summed E-state index contributed by atoms with van der Waals surface area (Å²) in [7, 11) is 1.37. The molecule has 3 nitrogen and oxygen atoms in total. The van der Waals surface area contributed by atoms with Gasteiger partial charge in [-0.15, -0.1) is 0 Å². The van der Waals surface area contributed by atoms with Crippen molar-refractivity contribution in [1.29, 1.82) is 0 Å². The van der Waals surface area contributed by atoms with E-state index in [0.29, 0.717) is 5.56 Å². The summed E-state index contributed by atoms with van der Waals surface area (Å²) in [5.41, 5.74) is 1.27. The largest absolute Gasteiger partial charge is 0.465 e. The van der Waals surface area contributed by atoms with Gasteiger partial charge in [0.25, 0.3) is 0 Å². The SMILES string of the molecule is CCNc1c(Br)cc(Br)cc1C(=O)OC. The number of carbonyl (C=O) groups is 1. The summed E-state index contributed by atoms with van der Waals surface area (Å²) in [6, 6.07) is 3.61. The minimum absolute atomic E-state index is 0.354. The molecule has 0 heterocycles. The van der Waals surface area contributed by atoms with Gasteiger partial charge in [0.15, 0.2) is 0 Å². The van der Waals surface area contributed by atoms with E-state index >= 15 is 0 Å². The summed E-state index contributed by atoms with van der Waals surface area (Å²) < 4.78 is 6.38. The monoisotopic (exact) mass is 335 g/mol. The van der Waals surface area contributed by atoms with Gasteiger partial charge in [-0.3, -0.25) is 0 Å². The minimum Gasteiger partial charge on any atom is -0.465 e. The normalized spacial score (nSPS) is 9.87. The molecule has 5 heteroatoms. The second kappa shape index (κ2) is 5.51. The number of nitrogens with one attached hydrogen (secondary N) is 1.